The molecule has 3 rings (SSSR count). The Bertz CT molecular complexity index is 658. The van der Waals surface area contributed by atoms with Gasteiger partial charge in [0.05, 0.1) is 6.54 Å². The molecule has 116 valence electrons. The van der Waals surface area contributed by atoms with E-state index in [0.717, 1.165) is 25.2 Å². The van der Waals surface area contributed by atoms with Crippen LogP contribution in [0.2, 0.25) is 0 Å². The van der Waals surface area contributed by atoms with Crippen LogP contribution in [-0.2, 0) is 17.9 Å². The Kier molecular flexibility index (Phi) is 4.27. The number of carbonyl (C=O) groups is 1. The molecule has 0 saturated heterocycles. The number of hydrogen-bond donors (Lipinski definition) is 0. The van der Waals surface area contributed by atoms with Crippen molar-refractivity contribution in [3.8, 4) is 0 Å². The second-order valence-corrected chi connectivity index (χ2v) is 6.00. The standard InChI is InChI=1S/C18H23N3O/c1-3-18(22)21(16-8-9-16)13-17-19-10-11-20(17)12-15-7-5-4-6-14(15)2/h4-7,10-11,16H,3,8-9,12-13H2,1-2H3. The van der Waals surface area contributed by atoms with Gasteiger partial charge in [0.2, 0.25) is 5.91 Å². The molecule has 0 spiro atoms. The third-order valence-electron chi connectivity index (χ3n) is 4.33. The zero-order valence-electron chi connectivity index (χ0n) is 13.3. The molecule has 0 radical (unpaired) electrons. The van der Waals surface area contributed by atoms with Crippen LogP contribution in [0.4, 0.5) is 0 Å². The summed E-state index contributed by atoms with van der Waals surface area (Å²) >= 11 is 0. The molecule has 1 aromatic carbocycles. The molecule has 0 aliphatic heterocycles. The second kappa shape index (κ2) is 6.34. The van der Waals surface area contributed by atoms with Crippen molar-refractivity contribution in [1.82, 2.24) is 14.5 Å². The van der Waals surface area contributed by atoms with E-state index in [4.69, 9.17) is 0 Å². The molecule has 4 heteroatoms. The van der Waals surface area contributed by atoms with Gasteiger partial charge in [0.1, 0.15) is 5.82 Å². The number of aryl methyl sites for hydroxylation is 1. The normalized spacial score (nSPS) is 14.1. The molecule has 1 fully saturated rings. The summed E-state index contributed by atoms with van der Waals surface area (Å²) < 4.78 is 2.15. The van der Waals surface area contributed by atoms with Crippen LogP contribution < -0.4 is 0 Å². The van der Waals surface area contributed by atoms with Crippen LogP contribution in [-0.4, -0.2) is 26.4 Å². The van der Waals surface area contributed by atoms with E-state index in [2.05, 4.69) is 40.7 Å². The summed E-state index contributed by atoms with van der Waals surface area (Å²) in [7, 11) is 0. The molecule has 0 unspecified atom stereocenters. The molecule has 0 bridgehead atoms. The van der Waals surface area contributed by atoms with Crippen molar-refractivity contribution < 1.29 is 4.79 Å². The molecule has 2 aromatic rings. The number of rotatable bonds is 6. The molecule has 1 saturated carbocycles. The lowest BCUT2D eigenvalue weighted by atomic mass is 10.1. The first-order valence-electron chi connectivity index (χ1n) is 8.03. The third-order valence-corrected chi connectivity index (χ3v) is 4.33. The lowest BCUT2D eigenvalue weighted by Crippen LogP contribution is -2.33. The van der Waals surface area contributed by atoms with Crippen molar-refractivity contribution in [2.75, 3.05) is 0 Å². The zero-order chi connectivity index (χ0) is 15.5. The zero-order valence-corrected chi connectivity index (χ0v) is 13.3. The van der Waals surface area contributed by atoms with Gasteiger partial charge in [-0.25, -0.2) is 4.98 Å². The SMILES string of the molecule is CCC(=O)N(Cc1nccn1Cc1ccccc1C)C1CC1. The van der Waals surface area contributed by atoms with E-state index in [1.54, 1.807) is 0 Å². The Balaban J connectivity index is 1.77. The summed E-state index contributed by atoms with van der Waals surface area (Å²) in [5.41, 5.74) is 2.58. The van der Waals surface area contributed by atoms with Gasteiger partial charge in [0.25, 0.3) is 0 Å². The fraction of sp³-hybridized carbons (Fsp3) is 0.444. The summed E-state index contributed by atoms with van der Waals surface area (Å²) in [6.07, 6.45) is 6.65. The van der Waals surface area contributed by atoms with Gasteiger partial charge in [-0.15, -0.1) is 0 Å². The smallest absolute Gasteiger partial charge is 0.222 e. The number of amides is 1. The summed E-state index contributed by atoms with van der Waals surface area (Å²) in [5.74, 6) is 1.20. The van der Waals surface area contributed by atoms with E-state index in [1.807, 2.05) is 24.2 Å². The predicted octanol–water partition coefficient (Wildman–Crippen LogP) is 3.14. The highest BCUT2D eigenvalue weighted by Crippen LogP contribution is 2.28. The minimum atomic E-state index is 0.230. The van der Waals surface area contributed by atoms with Crippen molar-refractivity contribution >= 4 is 5.91 Å². The lowest BCUT2D eigenvalue weighted by Gasteiger charge is -2.22. The fourth-order valence-electron chi connectivity index (χ4n) is 2.77. The molecule has 0 N–H and O–H groups in total. The Morgan fingerprint density at radius 1 is 1.36 bits per heavy atom. The number of imidazole rings is 1. The molecule has 0 atom stereocenters. The molecule has 4 nitrogen and oxygen atoms in total. The Labute approximate surface area is 131 Å². The van der Waals surface area contributed by atoms with Crippen LogP contribution in [0.25, 0.3) is 0 Å². The second-order valence-electron chi connectivity index (χ2n) is 6.00. The first kappa shape index (κ1) is 14.8. The van der Waals surface area contributed by atoms with Crippen molar-refractivity contribution in [3.05, 3.63) is 53.6 Å². The minimum Gasteiger partial charge on any atom is -0.332 e. The average Bonchev–Trinajstić information content (AvgIpc) is 3.28. The van der Waals surface area contributed by atoms with Crippen molar-refractivity contribution in [2.24, 2.45) is 0 Å². The van der Waals surface area contributed by atoms with Gasteiger partial charge in [0.15, 0.2) is 0 Å². The summed E-state index contributed by atoms with van der Waals surface area (Å²) in [6.45, 7) is 5.48. The largest absolute Gasteiger partial charge is 0.332 e. The van der Waals surface area contributed by atoms with Gasteiger partial charge in [-0.2, -0.15) is 0 Å². The highest BCUT2D eigenvalue weighted by atomic mass is 16.2. The molecule has 1 amide bonds. The number of benzene rings is 1. The maximum atomic E-state index is 12.1. The van der Waals surface area contributed by atoms with E-state index >= 15 is 0 Å². The Morgan fingerprint density at radius 2 is 2.14 bits per heavy atom. The summed E-state index contributed by atoms with van der Waals surface area (Å²) in [4.78, 5) is 18.6. The van der Waals surface area contributed by atoms with Gasteiger partial charge in [-0.3, -0.25) is 4.79 Å². The number of nitrogens with zero attached hydrogens (tertiary/aromatic N) is 3. The molecule has 1 aromatic heterocycles. The predicted molar refractivity (Wildman–Crippen MR) is 86.4 cm³/mol. The van der Waals surface area contributed by atoms with Crippen LogP contribution in [0.3, 0.4) is 0 Å². The minimum absolute atomic E-state index is 0.230. The lowest BCUT2D eigenvalue weighted by molar-refractivity contribution is -0.132. The van der Waals surface area contributed by atoms with E-state index in [-0.39, 0.29) is 5.91 Å². The topological polar surface area (TPSA) is 38.1 Å². The number of aromatic nitrogens is 2. The Hall–Kier alpha value is -2.10. The first-order valence-corrected chi connectivity index (χ1v) is 8.03. The van der Waals surface area contributed by atoms with E-state index in [9.17, 15) is 4.79 Å². The molecule has 1 aliphatic rings. The van der Waals surface area contributed by atoms with E-state index in [0.29, 0.717) is 19.0 Å². The van der Waals surface area contributed by atoms with Gasteiger partial charge in [0, 0.05) is 31.4 Å². The fourth-order valence-corrected chi connectivity index (χ4v) is 2.77. The van der Waals surface area contributed by atoms with E-state index in [1.165, 1.54) is 11.1 Å². The molecular weight excluding hydrogens is 274 g/mol. The Morgan fingerprint density at radius 3 is 2.82 bits per heavy atom. The summed E-state index contributed by atoms with van der Waals surface area (Å²) in [6, 6.07) is 8.83. The van der Waals surface area contributed by atoms with Crippen LogP contribution in [0.5, 0.6) is 0 Å². The monoisotopic (exact) mass is 297 g/mol. The quantitative estimate of drug-likeness (QED) is 0.821. The highest BCUT2D eigenvalue weighted by Gasteiger charge is 2.32. The van der Waals surface area contributed by atoms with Crippen LogP contribution in [0, 0.1) is 6.92 Å². The molecular formula is C18H23N3O. The third kappa shape index (κ3) is 3.21. The molecule has 1 aliphatic carbocycles. The van der Waals surface area contributed by atoms with Gasteiger partial charge in [-0.05, 0) is 30.9 Å². The number of hydrogen-bond acceptors (Lipinski definition) is 2. The maximum Gasteiger partial charge on any atom is 0.222 e. The highest BCUT2D eigenvalue weighted by molar-refractivity contribution is 5.76. The van der Waals surface area contributed by atoms with Crippen molar-refractivity contribution in [3.63, 3.8) is 0 Å². The van der Waals surface area contributed by atoms with Crippen molar-refractivity contribution in [1.29, 1.82) is 0 Å². The van der Waals surface area contributed by atoms with Gasteiger partial charge < -0.3 is 9.47 Å². The van der Waals surface area contributed by atoms with Gasteiger partial charge >= 0.3 is 0 Å². The average molecular weight is 297 g/mol. The van der Waals surface area contributed by atoms with Crippen LogP contribution >= 0.6 is 0 Å². The van der Waals surface area contributed by atoms with Crippen LogP contribution in [0.15, 0.2) is 36.7 Å². The summed E-state index contributed by atoms with van der Waals surface area (Å²) in [5, 5.41) is 0. The number of carbonyl (C=O) groups excluding carboxylic acids is 1. The van der Waals surface area contributed by atoms with Crippen molar-refractivity contribution in [2.45, 2.75) is 52.2 Å². The first-order chi connectivity index (χ1) is 10.7. The molecule has 22 heavy (non-hydrogen) atoms. The maximum absolute atomic E-state index is 12.1. The molecule has 1 heterocycles. The van der Waals surface area contributed by atoms with E-state index < -0.39 is 0 Å². The van der Waals surface area contributed by atoms with Crippen LogP contribution in [0.1, 0.15) is 43.1 Å². The van der Waals surface area contributed by atoms with Gasteiger partial charge in [-0.1, -0.05) is 31.2 Å².